The van der Waals surface area contributed by atoms with E-state index in [1.807, 2.05) is 19.9 Å². The summed E-state index contributed by atoms with van der Waals surface area (Å²) in [6.45, 7) is 3.77. The van der Waals surface area contributed by atoms with Crippen LogP contribution in [0.5, 0.6) is 0 Å². The van der Waals surface area contributed by atoms with Crippen molar-refractivity contribution in [3.8, 4) is 6.07 Å². The van der Waals surface area contributed by atoms with Crippen molar-refractivity contribution in [1.82, 2.24) is 4.98 Å². The Kier molecular flexibility index (Phi) is 3.12. The Morgan fingerprint density at radius 1 is 1.53 bits per heavy atom. The van der Waals surface area contributed by atoms with Gasteiger partial charge in [-0.3, -0.25) is 4.98 Å². The molecular formula is C13H10BrFN2. The van der Waals surface area contributed by atoms with Crippen LogP contribution in [0.15, 0.2) is 16.7 Å². The number of nitrogens with zero attached hydrogens (tertiary/aromatic N) is 2. The van der Waals surface area contributed by atoms with E-state index in [0.29, 0.717) is 22.0 Å². The summed E-state index contributed by atoms with van der Waals surface area (Å²) in [6.07, 6.45) is 2.12. The zero-order valence-corrected chi connectivity index (χ0v) is 11.1. The van der Waals surface area contributed by atoms with E-state index in [1.165, 1.54) is 6.20 Å². The van der Waals surface area contributed by atoms with Crippen LogP contribution in [-0.4, -0.2) is 4.98 Å². The fraction of sp³-hybridized carbons (Fsp3) is 0.231. The number of rotatable bonds is 1. The van der Waals surface area contributed by atoms with Gasteiger partial charge in [0.05, 0.1) is 10.0 Å². The topological polar surface area (TPSA) is 36.7 Å². The highest BCUT2D eigenvalue weighted by Crippen LogP contribution is 2.30. The summed E-state index contributed by atoms with van der Waals surface area (Å²) in [7, 11) is 0. The number of nitriles is 1. The van der Waals surface area contributed by atoms with Crippen molar-refractivity contribution in [3.63, 3.8) is 0 Å². The van der Waals surface area contributed by atoms with Crippen molar-refractivity contribution in [2.24, 2.45) is 0 Å². The minimum Gasteiger partial charge on any atom is -0.252 e. The minimum absolute atomic E-state index is 0.318. The molecule has 0 aliphatic rings. The second-order valence-electron chi connectivity index (χ2n) is 3.83. The molecule has 0 N–H and O–H groups in total. The summed E-state index contributed by atoms with van der Waals surface area (Å²) in [5.74, 6) is -0.362. The van der Waals surface area contributed by atoms with Crippen LogP contribution >= 0.6 is 15.9 Å². The number of aryl methyl sites for hydroxylation is 2. The fourth-order valence-corrected chi connectivity index (χ4v) is 2.23. The molecule has 0 saturated carbocycles. The molecule has 0 unspecified atom stereocenters. The van der Waals surface area contributed by atoms with Gasteiger partial charge in [0.25, 0.3) is 0 Å². The lowest BCUT2D eigenvalue weighted by Crippen LogP contribution is -1.97. The number of pyridine rings is 1. The van der Waals surface area contributed by atoms with Gasteiger partial charge in [0.1, 0.15) is 11.6 Å². The van der Waals surface area contributed by atoms with Gasteiger partial charge >= 0.3 is 0 Å². The van der Waals surface area contributed by atoms with Crippen molar-refractivity contribution in [3.05, 3.63) is 39.2 Å². The maximum atomic E-state index is 14.0. The summed E-state index contributed by atoms with van der Waals surface area (Å²) in [4.78, 5) is 4.03. The smallest absolute Gasteiger partial charge is 0.163 e. The normalized spacial score (nSPS) is 10.5. The number of fused-ring (bicyclic) bond motifs is 1. The quantitative estimate of drug-likeness (QED) is 0.800. The van der Waals surface area contributed by atoms with Gasteiger partial charge < -0.3 is 0 Å². The van der Waals surface area contributed by atoms with Gasteiger partial charge in [0, 0.05) is 11.6 Å². The summed E-state index contributed by atoms with van der Waals surface area (Å²) < 4.78 is 14.5. The lowest BCUT2D eigenvalue weighted by molar-refractivity contribution is 0.628. The third kappa shape index (κ3) is 1.81. The summed E-state index contributed by atoms with van der Waals surface area (Å²) in [5, 5.41) is 9.74. The van der Waals surface area contributed by atoms with Gasteiger partial charge in [-0.05, 0) is 46.5 Å². The lowest BCUT2D eigenvalue weighted by atomic mass is 10.0. The SMILES string of the molecule is CCc1c(C#N)cnc2c(F)c(Br)c(C)cc12. The summed E-state index contributed by atoms with van der Waals surface area (Å²) in [5.41, 5.74) is 2.49. The molecule has 0 radical (unpaired) electrons. The van der Waals surface area contributed by atoms with Crippen molar-refractivity contribution in [2.75, 3.05) is 0 Å². The van der Waals surface area contributed by atoms with E-state index in [4.69, 9.17) is 5.26 Å². The average molecular weight is 293 g/mol. The highest BCUT2D eigenvalue weighted by molar-refractivity contribution is 9.10. The van der Waals surface area contributed by atoms with Crippen LogP contribution in [0, 0.1) is 24.1 Å². The van der Waals surface area contributed by atoms with Crippen LogP contribution in [0.2, 0.25) is 0 Å². The molecule has 17 heavy (non-hydrogen) atoms. The van der Waals surface area contributed by atoms with Gasteiger partial charge in [-0.1, -0.05) is 6.92 Å². The zero-order valence-electron chi connectivity index (χ0n) is 9.51. The van der Waals surface area contributed by atoms with E-state index >= 15 is 0 Å². The Morgan fingerprint density at radius 3 is 2.82 bits per heavy atom. The maximum absolute atomic E-state index is 14.0. The van der Waals surface area contributed by atoms with Gasteiger partial charge in [-0.15, -0.1) is 0 Å². The van der Waals surface area contributed by atoms with E-state index in [1.54, 1.807) is 0 Å². The lowest BCUT2D eigenvalue weighted by Gasteiger charge is -2.09. The predicted octanol–water partition coefficient (Wildman–Crippen LogP) is 3.88. The summed E-state index contributed by atoms with van der Waals surface area (Å²) in [6, 6.07) is 3.97. The van der Waals surface area contributed by atoms with Gasteiger partial charge in [0.15, 0.2) is 5.82 Å². The predicted molar refractivity (Wildman–Crippen MR) is 68.2 cm³/mol. The van der Waals surface area contributed by atoms with Crippen LogP contribution in [0.4, 0.5) is 4.39 Å². The van der Waals surface area contributed by atoms with Crippen molar-refractivity contribution < 1.29 is 4.39 Å². The van der Waals surface area contributed by atoms with Gasteiger partial charge in [-0.25, -0.2) is 4.39 Å². The van der Waals surface area contributed by atoms with Crippen LogP contribution in [0.1, 0.15) is 23.6 Å². The zero-order chi connectivity index (χ0) is 12.6. The maximum Gasteiger partial charge on any atom is 0.163 e. The van der Waals surface area contributed by atoms with Crippen molar-refractivity contribution in [2.45, 2.75) is 20.3 Å². The van der Waals surface area contributed by atoms with Gasteiger partial charge in [0.2, 0.25) is 0 Å². The van der Waals surface area contributed by atoms with Crippen LogP contribution in [0.25, 0.3) is 10.9 Å². The van der Waals surface area contributed by atoms with E-state index in [0.717, 1.165) is 16.5 Å². The molecule has 86 valence electrons. The highest BCUT2D eigenvalue weighted by atomic mass is 79.9. The number of aromatic nitrogens is 1. The second-order valence-corrected chi connectivity index (χ2v) is 4.63. The number of hydrogen-bond donors (Lipinski definition) is 0. The Morgan fingerprint density at radius 2 is 2.24 bits per heavy atom. The molecule has 0 bridgehead atoms. The minimum atomic E-state index is -0.362. The fourth-order valence-electron chi connectivity index (χ4n) is 1.93. The van der Waals surface area contributed by atoms with Crippen molar-refractivity contribution >= 4 is 26.8 Å². The molecule has 0 aliphatic carbocycles. The third-order valence-corrected chi connectivity index (χ3v) is 3.78. The molecule has 0 aliphatic heterocycles. The van der Waals surface area contributed by atoms with Gasteiger partial charge in [-0.2, -0.15) is 5.26 Å². The molecule has 2 nitrogen and oxygen atoms in total. The molecule has 1 aromatic heterocycles. The Bertz CT molecular complexity index is 644. The van der Waals surface area contributed by atoms with Crippen LogP contribution in [-0.2, 0) is 6.42 Å². The molecule has 1 aromatic carbocycles. The van der Waals surface area contributed by atoms with E-state index in [2.05, 4.69) is 27.0 Å². The molecule has 0 atom stereocenters. The second kappa shape index (κ2) is 4.42. The van der Waals surface area contributed by atoms with E-state index in [9.17, 15) is 4.39 Å². The van der Waals surface area contributed by atoms with E-state index < -0.39 is 0 Å². The first kappa shape index (κ1) is 12.0. The first-order chi connectivity index (χ1) is 8.10. The Labute approximate surface area is 107 Å². The standard InChI is InChI=1S/C13H10BrFN2/c1-3-9-8(5-16)6-17-13-10(9)4-7(2)11(14)12(13)15/h4,6H,3H2,1-2H3. The molecule has 0 amide bonds. The molecule has 2 aromatic rings. The monoisotopic (exact) mass is 292 g/mol. The number of halogens is 2. The number of benzene rings is 1. The summed E-state index contributed by atoms with van der Waals surface area (Å²) >= 11 is 3.20. The van der Waals surface area contributed by atoms with E-state index in [-0.39, 0.29) is 5.82 Å². The Balaban J connectivity index is 2.97. The molecule has 4 heteroatoms. The molecule has 0 saturated heterocycles. The molecule has 0 fully saturated rings. The first-order valence-electron chi connectivity index (χ1n) is 5.26. The largest absolute Gasteiger partial charge is 0.252 e. The van der Waals surface area contributed by atoms with Crippen molar-refractivity contribution in [1.29, 1.82) is 5.26 Å². The molecular weight excluding hydrogens is 283 g/mol. The number of hydrogen-bond acceptors (Lipinski definition) is 2. The van der Waals surface area contributed by atoms with Crippen LogP contribution < -0.4 is 0 Å². The average Bonchev–Trinajstić information content (AvgIpc) is 2.34. The Hall–Kier alpha value is -1.47. The molecule has 2 rings (SSSR count). The highest BCUT2D eigenvalue weighted by Gasteiger charge is 2.14. The first-order valence-corrected chi connectivity index (χ1v) is 6.05. The molecule has 0 spiro atoms. The van der Waals surface area contributed by atoms with Crippen LogP contribution in [0.3, 0.4) is 0 Å². The molecule has 1 heterocycles. The third-order valence-electron chi connectivity index (χ3n) is 2.81.